The van der Waals surface area contributed by atoms with Gasteiger partial charge < -0.3 is 15.0 Å². The monoisotopic (exact) mass is 326 g/mol. The van der Waals surface area contributed by atoms with Gasteiger partial charge in [-0.05, 0) is 50.5 Å². The van der Waals surface area contributed by atoms with E-state index in [0.29, 0.717) is 13.0 Å². The summed E-state index contributed by atoms with van der Waals surface area (Å²) < 4.78 is 5.83. The number of aryl methyl sites for hydroxylation is 2. The highest BCUT2D eigenvalue weighted by Gasteiger charge is 2.22. The Balaban J connectivity index is 0.00000242. The van der Waals surface area contributed by atoms with Crippen LogP contribution in [0.1, 0.15) is 30.0 Å². The quantitative estimate of drug-likeness (QED) is 0.924. The van der Waals surface area contributed by atoms with Crippen molar-refractivity contribution in [1.82, 2.24) is 10.2 Å². The molecule has 0 unspecified atom stereocenters. The number of nitrogens with one attached hydrogen (secondary N) is 1. The van der Waals surface area contributed by atoms with E-state index in [9.17, 15) is 4.79 Å². The van der Waals surface area contributed by atoms with Crippen LogP contribution in [-0.2, 0) is 4.79 Å². The Morgan fingerprint density at radius 3 is 2.77 bits per heavy atom. The summed E-state index contributed by atoms with van der Waals surface area (Å²) in [6, 6.07) is 4.46. The average molecular weight is 327 g/mol. The van der Waals surface area contributed by atoms with Crippen LogP contribution in [0.3, 0.4) is 0 Å². The molecule has 1 aliphatic rings. The van der Waals surface area contributed by atoms with Gasteiger partial charge in [-0.3, -0.25) is 4.79 Å². The summed E-state index contributed by atoms with van der Waals surface area (Å²) >= 11 is 0. The number of hydrogen-bond acceptors (Lipinski definition) is 3. The second-order valence-corrected chi connectivity index (χ2v) is 5.94. The van der Waals surface area contributed by atoms with E-state index in [1.165, 1.54) is 11.1 Å². The minimum Gasteiger partial charge on any atom is -0.493 e. The van der Waals surface area contributed by atoms with E-state index in [-0.39, 0.29) is 24.4 Å². The van der Waals surface area contributed by atoms with Gasteiger partial charge in [0.2, 0.25) is 5.91 Å². The molecule has 1 amide bonds. The second kappa shape index (κ2) is 8.39. The molecule has 4 nitrogen and oxygen atoms in total. The van der Waals surface area contributed by atoms with Gasteiger partial charge in [-0.1, -0.05) is 6.07 Å². The Kier molecular flexibility index (Phi) is 7.17. The molecule has 1 atom stereocenters. The standard InChI is InChI=1S/C17H26N2O2.ClH/c1-12-9-13(2)15(4)16(10-12)21-8-5-17(20)19-7-6-18-11-14(19)3;/h9-10,14,18H,5-8,11H2,1-4H3;1H/t14-;/m1./s1. The first kappa shape index (κ1) is 18.8. The van der Waals surface area contributed by atoms with Crippen molar-refractivity contribution in [2.45, 2.75) is 40.2 Å². The number of amides is 1. The van der Waals surface area contributed by atoms with E-state index in [4.69, 9.17) is 4.74 Å². The van der Waals surface area contributed by atoms with Crippen LogP contribution in [0.2, 0.25) is 0 Å². The molecule has 0 spiro atoms. The zero-order valence-electron chi connectivity index (χ0n) is 13.9. The fourth-order valence-corrected chi connectivity index (χ4v) is 2.75. The molecule has 22 heavy (non-hydrogen) atoms. The van der Waals surface area contributed by atoms with Crippen molar-refractivity contribution in [2.75, 3.05) is 26.2 Å². The highest BCUT2D eigenvalue weighted by atomic mass is 35.5. The van der Waals surface area contributed by atoms with Gasteiger partial charge in [0.15, 0.2) is 0 Å². The van der Waals surface area contributed by atoms with Gasteiger partial charge in [0.05, 0.1) is 13.0 Å². The molecule has 1 aromatic rings. The van der Waals surface area contributed by atoms with Crippen molar-refractivity contribution < 1.29 is 9.53 Å². The number of nitrogens with zero attached hydrogens (tertiary/aromatic N) is 1. The van der Waals surface area contributed by atoms with E-state index in [1.54, 1.807) is 0 Å². The number of hydrogen-bond donors (Lipinski definition) is 1. The van der Waals surface area contributed by atoms with Gasteiger partial charge in [-0.25, -0.2) is 0 Å². The lowest BCUT2D eigenvalue weighted by molar-refractivity contribution is -0.134. The van der Waals surface area contributed by atoms with E-state index >= 15 is 0 Å². The Morgan fingerprint density at radius 1 is 1.36 bits per heavy atom. The smallest absolute Gasteiger partial charge is 0.226 e. The van der Waals surface area contributed by atoms with Crippen LogP contribution < -0.4 is 10.1 Å². The summed E-state index contributed by atoms with van der Waals surface area (Å²) in [7, 11) is 0. The zero-order valence-corrected chi connectivity index (χ0v) is 14.8. The summed E-state index contributed by atoms with van der Waals surface area (Å²) in [6.07, 6.45) is 0.441. The van der Waals surface area contributed by atoms with Gasteiger partial charge in [-0.15, -0.1) is 12.4 Å². The maximum atomic E-state index is 12.2. The molecule has 0 aromatic heterocycles. The number of carbonyl (C=O) groups is 1. The predicted octanol–water partition coefficient (Wildman–Crippen LogP) is 2.62. The first-order valence-corrected chi connectivity index (χ1v) is 7.70. The Labute approximate surface area is 139 Å². The second-order valence-electron chi connectivity index (χ2n) is 5.94. The van der Waals surface area contributed by atoms with E-state index < -0.39 is 0 Å². The molecular formula is C17H27ClN2O2. The van der Waals surface area contributed by atoms with Crippen molar-refractivity contribution in [1.29, 1.82) is 0 Å². The van der Waals surface area contributed by atoms with E-state index in [0.717, 1.165) is 30.9 Å². The van der Waals surface area contributed by atoms with Crippen molar-refractivity contribution >= 4 is 18.3 Å². The van der Waals surface area contributed by atoms with Crippen LogP contribution in [0.4, 0.5) is 0 Å². The van der Waals surface area contributed by atoms with E-state index in [2.05, 4.69) is 39.1 Å². The molecule has 1 aliphatic heterocycles. The fourth-order valence-electron chi connectivity index (χ4n) is 2.75. The number of carbonyl (C=O) groups excluding carboxylic acids is 1. The molecule has 0 bridgehead atoms. The number of benzene rings is 1. The molecule has 1 fully saturated rings. The SMILES string of the molecule is Cc1cc(C)c(C)c(OCCC(=O)N2CCNC[C@H]2C)c1.Cl. The number of halogens is 1. The molecule has 1 N–H and O–H groups in total. The van der Waals surface area contributed by atoms with Crippen molar-refractivity contribution in [3.05, 3.63) is 28.8 Å². The average Bonchev–Trinajstić information content (AvgIpc) is 2.44. The molecule has 0 saturated carbocycles. The number of ether oxygens (including phenoxy) is 1. The summed E-state index contributed by atoms with van der Waals surface area (Å²) in [5, 5.41) is 3.30. The predicted molar refractivity (Wildman–Crippen MR) is 92.1 cm³/mol. The third kappa shape index (κ3) is 4.62. The number of piperazine rings is 1. The number of rotatable bonds is 4. The lowest BCUT2D eigenvalue weighted by Gasteiger charge is -2.34. The van der Waals surface area contributed by atoms with Gasteiger partial charge in [0.1, 0.15) is 5.75 Å². The summed E-state index contributed by atoms with van der Waals surface area (Å²) in [5.41, 5.74) is 3.57. The molecule has 124 valence electrons. The fraction of sp³-hybridized carbons (Fsp3) is 0.588. The molecule has 1 aromatic carbocycles. The van der Waals surface area contributed by atoms with Crippen LogP contribution in [-0.4, -0.2) is 43.1 Å². The molecule has 5 heteroatoms. The lowest BCUT2D eigenvalue weighted by atomic mass is 10.1. The van der Waals surface area contributed by atoms with Crippen LogP contribution in [0.25, 0.3) is 0 Å². The molecule has 0 radical (unpaired) electrons. The lowest BCUT2D eigenvalue weighted by Crippen LogP contribution is -2.52. The van der Waals surface area contributed by atoms with E-state index in [1.807, 2.05) is 11.0 Å². The molecule has 1 saturated heterocycles. The zero-order chi connectivity index (χ0) is 15.4. The minimum absolute atomic E-state index is 0. The van der Waals surface area contributed by atoms with Crippen LogP contribution in [0, 0.1) is 20.8 Å². The minimum atomic E-state index is 0. The first-order chi connectivity index (χ1) is 9.99. The molecule has 1 heterocycles. The first-order valence-electron chi connectivity index (χ1n) is 7.70. The Morgan fingerprint density at radius 2 is 2.09 bits per heavy atom. The molecule has 2 rings (SSSR count). The van der Waals surface area contributed by atoms with Crippen molar-refractivity contribution in [3.8, 4) is 5.75 Å². The Hall–Kier alpha value is -1.26. The van der Waals surface area contributed by atoms with Gasteiger partial charge in [0.25, 0.3) is 0 Å². The van der Waals surface area contributed by atoms with Crippen molar-refractivity contribution in [2.24, 2.45) is 0 Å². The summed E-state index contributed by atoms with van der Waals surface area (Å²) in [6.45, 7) is 11.3. The summed E-state index contributed by atoms with van der Waals surface area (Å²) in [5.74, 6) is 1.08. The third-order valence-electron chi connectivity index (χ3n) is 4.16. The van der Waals surface area contributed by atoms with Gasteiger partial charge in [0, 0.05) is 25.7 Å². The van der Waals surface area contributed by atoms with Crippen molar-refractivity contribution in [3.63, 3.8) is 0 Å². The molecule has 0 aliphatic carbocycles. The summed E-state index contributed by atoms with van der Waals surface area (Å²) in [4.78, 5) is 14.2. The van der Waals surface area contributed by atoms with Crippen LogP contribution in [0.15, 0.2) is 12.1 Å². The van der Waals surface area contributed by atoms with Gasteiger partial charge >= 0.3 is 0 Å². The van der Waals surface area contributed by atoms with Crippen LogP contribution in [0.5, 0.6) is 5.75 Å². The van der Waals surface area contributed by atoms with Gasteiger partial charge in [-0.2, -0.15) is 0 Å². The molecular weight excluding hydrogens is 300 g/mol. The highest BCUT2D eigenvalue weighted by Crippen LogP contribution is 2.23. The Bertz CT molecular complexity index is 520. The normalized spacial score (nSPS) is 17.8. The topological polar surface area (TPSA) is 41.6 Å². The highest BCUT2D eigenvalue weighted by molar-refractivity contribution is 5.85. The maximum Gasteiger partial charge on any atom is 0.226 e. The van der Waals surface area contributed by atoms with Crippen LogP contribution >= 0.6 is 12.4 Å². The third-order valence-corrected chi connectivity index (χ3v) is 4.16. The largest absolute Gasteiger partial charge is 0.493 e. The maximum absolute atomic E-state index is 12.2.